The first kappa shape index (κ1) is 26.1. The van der Waals surface area contributed by atoms with E-state index in [4.69, 9.17) is 14.5 Å². The van der Waals surface area contributed by atoms with Crippen LogP contribution < -0.4 is 0 Å². The Kier molecular flexibility index (Phi) is 7.83. The zero-order chi connectivity index (χ0) is 24.7. The van der Waals surface area contributed by atoms with Gasteiger partial charge < -0.3 is 14.0 Å². The lowest BCUT2D eigenvalue weighted by Crippen LogP contribution is -2.37. The standard InChI is InChI=1S/C24H34IN3O3S2Si/c1-24(2,3)31-23(29)27-9-7-8-18(27)22-26-12-19(28(22)15-30-10-11-34(4,5)6)16-13-32-21-17(25)14-33-20(16)21/h12-14,18H,7-11,15H2,1-6H3/t18-/m0/s1. The largest absolute Gasteiger partial charge is 0.444 e. The van der Waals surface area contributed by atoms with E-state index in [-0.39, 0.29) is 12.1 Å². The quantitative estimate of drug-likeness (QED) is 0.152. The van der Waals surface area contributed by atoms with Gasteiger partial charge in [-0.15, -0.1) is 22.7 Å². The Morgan fingerprint density at radius 1 is 1.24 bits per heavy atom. The monoisotopic (exact) mass is 631 g/mol. The molecule has 1 saturated heterocycles. The number of rotatable bonds is 7. The minimum atomic E-state index is -1.18. The number of carbonyl (C=O) groups is 1. The van der Waals surface area contributed by atoms with Gasteiger partial charge in [0.25, 0.3) is 0 Å². The van der Waals surface area contributed by atoms with Crippen LogP contribution in [0.25, 0.3) is 20.7 Å². The summed E-state index contributed by atoms with van der Waals surface area (Å²) in [4.78, 5) is 19.7. The summed E-state index contributed by atoms with van der Waals surface area (Å²) < 4.78 is 18.0. The van der Waals surface area contributed by atoms with Crippen LogP contribution in [0.15, 0.2) is 17.0 Å². The van der Waals surface area contributed by atoms with Crippen molar-refractivity contribution >= 4 is 68.8 Å². The summed E-state index contributed by atoms with van der Waals surface area (Å²) in [6, 6.07) is 1.01. The van der Waals surface area contributed by atoms with Crippen LogP contribution in [0, 0.1) is 3.57 Å². The molecule has 186 valence electrons. The molecular formula is C24H34IN3O3S2Si. The van der Waals surface area contributed by atoms with Gasteiger partial charge in [0.15, 0.2) is 0 Å². The van der Waals surface area contributed by atoms with Crippen LogP contribution in [-0.2, 0) is 16.2 Å². The molecule has 0 aliphatic carbocycles. The Labute approximate surface area is 224 Å². The molecule has 4 heterocycles. The summed E-state index contributed by atoms with van der Waals surface area (Å²) in [5.74, 6) is 0.886. The van der Waals surface area contributed by atoms with Crippen molar-refractivity contribution in [1.29, 1.82) is 0 Å². The smallest absolute Gasteiger partial charge is 0.410 e. The third-order valence-electron chi connectivity index (χ3n) is 5.80. The molecule has 10 heteroatoms. The lowest BCUT2D eigenvalue weighted by Gasteiger charge is -2.29. The number of amides is 1. The summed E-state index contributed by atoms with van der Waals surface area (Å²) >= 11 is 5.96. The van der Waals surface area contributed by atoms with Crippen molar-refractivity contribution in [3.8, 4) is 11.3 Å². The SMILES string of the molecule is CC(C)(C)OC(=O)N1CCC[C@H]1c1ncc(-c2csc3c(I)csc23)n1COCC[Si](C)(C)C. The van der Waals surface area contributed by atoms with Gasteiger partial charge in [-0.25, -0.2) is 9.78 Å². The van der Waals surface area contributed by atoms with Gasteiger partial charge in [-0.05, 0) is 62.2 Å². The average molecular weight is 632 g/mol. The molecule has 34 heavy (non-hydrogen) atoms. The van der Waals surface area contributed by atoms with Crippen LogP contribution in [0.2, 0.25) is 25.7 Å². The molecule has 3 aromatic rings. The molecule has 0 saturated carbocycles. The molecule has 1 aliphatic rings. The summed E-state index contributed by atoms with van der Waals surface area (Å²) in [5.41, 5.74) is 1.73. The Morgan fingerprint density at radius 2 is 1.97 bits per heavy atom. The van der Waals surface area contributed by atoms with Crippen molar-refractivity contribution in [3.05, 3.63) is 26.4 Å². The number of likely N-dealkylation sites (tertiary alicyclic amines) is 1. The molecule has 0 unspecified atom stereocenters. The summed E-state index contributed by atoms with van der Waals surface area (Å²) in [7, 11) is -1.18. The van der Waals surface area contributed by atoms with E-state index in [2.05, 4.69) is 57.6 Å². The van der Waals surface area contributed by atoms with Crippen LogP contribution in [0.5, 0.6) is 0 Å². The fourth-order valence-corrected chi connectivity index (χ4v) is 8.20. The van der Waals surface area contributed by atoms with Crippen molar-refractivity contribution in [2.24, 2.45) is 0 Å². The van der Waals surface area contributed by atoms with E-state index in [9.17, 15) is 4.79 Å². The Bertz CT molecular complexity index is 1160. The highest BCUT2D eigenvalue weighted by molar-refractivity contribution is 14.1. The first-order valence-corrected chi connectivity index (χ1v) is 18.3. The molecule has 1 atom stereocenters. The number of carbonyl (C=O) groups excluding carboxylic acids is 1. The minimum absolute atomic E-state index is 0.109. The van der Waals surface area contributed by atoms with Gasteiger partial charge in [0, 0.05) is 41.1 Å². The molecule has 0 bridgehead atoms. The predicted molar refractivity (Wildman–Crippen MR) is 153 cm³/mol. The third kappa shape index (κ3) is 5.88. The van der Waals surface area contributed by atoms with E-state index in [1.807, 2.05) is 31.9 Å². The van der Waals surface area contributed by atoms with Gasteiger partial charge in [0.1, 0.15) is 18.2 Å². The van der Waals surface area contributed by atoms with E-state index < -0.39 is 13.7 Å². The molecule has 3 aromatic heterocycles. The zero-order valence-corrected chi connectivity index (χ0v) is 25.6. The van der Waals surface area contributed by atoms with Crippen molar-refractivity contribution in [2.45, 2.75) is 77.7 Å². The maximum absolute atomic E-state index is 13.0. The van der Waals surface area contributed by atoms with E-state index in [1.165, 1.54) is 18.5 Å². The second-order valence-electron chi connectivity index (χ2n) is 11.0. The lowest BCUT2D eigenvalue weighted by molar-refractivity contribution is 0.0204. The summed E-state index contributed by atoms with van der Waals surface area (Å²) in [6.45, 7) is 14.7. The van der Waals surface area contributed by atoms with Crippen LogP contribution >= 0.6 is 45.3 Å². The molecular weight excluding hydrogens is 597 g/mol. The van der Waals surface area contributed by atoms with Gasteiger partial charge in [-0.2, -0.15) is 0 Å². The van der Waals surface area contributed by atoms with Crippen molar-refractivity contribution < 1.29 is 14.3 Å². The zero-order valence-electron chi connectivity index (χ0n) is 20.8. The highest BCUT2D eigenvalue weighted by Crippen LogP contribution is 2.42. The maximum atomic E-state index is 13.0. The average Bonchev–Trinajstić information content (AvgIpc) is 3.48. The highest BCUT2D eigenvalue weighted by Gasteiger charge is 2.36. The van der Waals surface area contributed by atoms with E-state index in [1.54, 1.807) is 22.7 Å². The predicted octanol–water partition coefficient (Wildman–Crippen LogP) is 7.82. The third-order valence-corrected chi connectivity index (χ3v) is 11.3. The molecule has 1 aliphatic heterocycles. The summed E-state index contributed by atoms with van der Waals surface area (Å²) in [5, 5.41) is 4.43. The molecule has 0 radical (unpaired) electrons. The molecule has 1 amide bonds. The molecule has 6 nitrogen and oxygen atoms in total. The molecule has 1 fully saturated rings. The molecule has 4 rings (SSSR count). The van der Waals surface area contributed by atoms with Gasteiger partial charge in [-0.3, -0.25) is 4.90 Å². The van der Waals surface area contributed by atoms with Crippen LogP contribution in [0.4, 0.5) is 4.79 Å². The Balaban J connectivity index is 1.67. The number of halogens is 1. The number of nitrogens with zero attached hydrogens (tertiary/aromatic N) is 3. The van der Waals surface area contributed by atoms with Crippen molar-refractivity contribution in [3.63, 3.8) is 0 Å². The van der Waals surface area contributed by atoms with Crippen molar-refractivity contribution in [1.82, 2.24) is 14.5 Å². The molecule has 0 spiro atoms. The van der Waals surface area contributed by atoms with Crippen LogP contribution in [0.3, 0.4) is 0 Å². The number of ether oxygens (including phenoxy) is 2. The van der Waals surface area contributed by atoms with E-state index in [0.717, 1.165) is 37.0 Å². The summed E-state index contributed by atoms with van der Waals surface area (Å²) in [6.07, 6.45) is 3.50. The first-order valence-electron chi connectivity index (χ1n) is 11.7. The fraction of sp³-hybridized carbons (Fsp3) is 0.583. The normalized spacial score (nSPS) is 17.1. The van der Waals surface area contributed by atoms with Crippen LogP contribution in [0.1, 0.15) is 45.5 Å². The molecule has 0 N–H and O–H groups in total. The van der Waals surface area contributed by atoms with Gasteiger partial charge in [-0.1, -0.05) is 19.6 Å². The molecule has 0 aromatic carbocycles. The van der Waals surface area contributed by atoms with Gasteiger partial charge >= 0.3 is 6.09 Å². The number of fused-ring (bicyclic) bond motifs is 1. The Morgan fingerprint density at radius 3 is 2.68 bits per heavy atom. The number of thiophene rings is 2. The van der Waals surface area contributed by atoms with Gasteiger partial charge in [0.2, 0.25) is 0 Å². The van der Waals surface area contributed by atoms with E-state index in [0.29, 0.717) is 13.3 Å². The first-order chi connectivity index (χ1) is 15.9. The number of aromatic nitrogens is 2. The lowest BCUT2D eigenvalue weighted by atomic mass is 10.2. The van der Waals surface area contributed by atoms with Crippen LogP contribution in [-0.4, -0.2) is 47.4 Å². The minimum Gasteiger partial charge on any atom is -0.444 e. The maximum Gasteiger partial charge on any atom is 0.410 e. The second-order valence-corrected chi connectivity index (χ2v) is 19.5. The fourth-order valence-electron chi connectivity index (χ4n) is 4.08. The number of hydrogen-bond donors (Lipinski definition) is 0. The van der Waals surface area contributed by atoms with Crippen molar-refractivity contribution in [2.75, 3.05) is 13.2 Å². The topological polar surface area (TPSA) is 56.6 Å². The second kappa shape index (κ2) is 10.2. The Hall–Kier alpha value is -0.953. The van der Waals surface area contributed by atoms with E-state index >= 15 is 0 Å². The number of imidazole rings is 1. The highest BCUT2D eigenvalue weighted by atomic mass is 127. The van der Waals surface area contributed by atoms with Gasteiger partial charge in [0.05, 0.1) is 27.3 Å². The number of hydrogen-bond acceptors (Lipinski definition) is 6.